The molecular weight excluding hydrogens is 238 g/mol. The van der Waals surface area contributed by atoms with E-state index < -0.39 is 0 Å². The third-order valence-corrected chi connectivity index (χ3v) is 4.19. The Morgan fingerprint density at radius 1 is 1.00 bits per heavy atom. The molecule has 2 rings (SSSR count). The fourth-order valence-electron chi connectivity index (χ4n) is 2.06. The van der Waals surface area contributed by atoms with Crippen molar-refractivity contribution in [2.24, 2.45) is 0 Å². The SMILES string of the molecule is CCCCCCSC[n+]1ccc2ccccc2c1. The van der Waals surface area contributed by atoms with E-state index in [1.54, 1.807) is 0 Å². The van der Waals surface area contributed by atoms with Crippen LogP contribution in [0.25, 0.3) is 10.8 Å². The molecule has 18 heavy (non-hydrogen) atoms. The highest BCUT2D eigenvalue weighted by molar-refractivity contribution is 7.98. The van der Waals surface area contributed by atoms with Crippen molar-refractivity contribution in [1.82, 2.24) is 0 Å². The van der Waals surface area contributed by atoms with Crippen LogP contribution in [0.5, 0.6) is 0 Å². The van der Waals surface area contributed by atoms with Crippen molar-refractivity contribution in [2.45, 2.75) is 38.5 Å². The summed E-state index contributed by atoms with van der Waals surface area (Å²) in [4.78, 5) is 0. The fraction of sp³-hybridized carbons (Fsp3) is 0.438. The van der Waals surface area contributed by atoms with E-state index >= 15 is 0 Å². The maximum absolute atomic E-state index is 2.28. The predicted octanol–water partition coefficient (Wildman–Crippen LogP) is 4.40. The molecule has 0 saturated carbocycles. The average Bonchev–Trinajstić information content (AvgIpc) is 2.42. The van der Waals surface area contributed by atoms with Crippen molar-refractivity contribution in [3.63, 3.8) is 0 Å². The highest BCUT2D eigenvalue weighted by atomic mass is 32.2. The molecule has 0 aliphatic heterocycles. The van der Waals surface area contributed by atoms with Crippen LogP contribution in [-0.4, -0.2) is 5.75 Å². The van der Waals surface area contributed by atoms with Gasteiger partial charge in [0, 0.05) is 11.5 Å². The Kier molecular flexibility index (Phi) is 5.53. The van der Waals surface area contributed by atoms with Crippen LogP contribution in [0, 0.1) is 0 Å². The molecule has 2 aromatic rings. The lowest BCUT2D eigenvalue weighted by molar-refractivity contribution is -0.674. The van der Waals surface area contributed by atoms with Gasteiger partial charge in [-0.1, -0.05) is 56.1 Å². The minimum absolute atomic E-state index is 1.07. The quantitative estimate of drug-likeness (QED) is 0.527. The summed E-state index contributed by atoms with van der Waals surface area (Å²) in [5, 5.41) is 2.65. The number of rotatable bonds is 7. The molecule has 1 nitrogen and oxygen atoms in total. The normalized spacial score (nSPS) is 10.9. The molecule has 0 saturated heterocycles. The third-order valence-electron chi connectivity index (χ3n) is 3.13. The number of nitrogens with zero attached hydrogens (tertiary/aromatic N) is 1. The van der Waals surface area contributed by atoms with Crippen molar-refractivity contribution in [3.05, 3.63) is 42.7 Å². The van der Waals surface area contributed by atoms with Crippen LogP contribution in [0.15, 0.2) is 42.7 Å². The molecule has 0 atom stereocenters. The van der Waals surface area contributed by atoms with E-state index in [4.69, 9.17) is 0 Å². The van der Waals surface area contributed by atoms with E-state index in [1.807, 2.05) is 11.8 Å². The molecule has 1 aromatic heterocycles. The highest BCUT2D eigenvalue weighted by Crippen LogP contribution is 2.11. The standard InChI is InChI=1S/C16H22NS/c1-2-3-4-7-12-18-14-17-11-10-15-8-5-6-9-16(15)13-17/h5-6,8-11,13H,2-4,7,12,14H2,1H3/q+1. The molecule has 0 aliphatic rings. The van der Waals surface area contributed by atoms with Gasteiger partial charge in [-0.05, 0) is 23.6 Å². The van der Waals surface area contributed by atoms with Gasteiger partial charge in [0.25, 0.3) is 0 Å². The number of pyridine rings is 1. The summed E-state index contributed by atoms with van der Waals surface area (Å²) < 4.78 is 2.28. The van der Waals surface area contributed by atoms with Crippen LogP contribution in [-0.2, 0) is 5.88 Å². The lowest BCUT2D eigenvalue weighted by Crippen LogP contribution is -2.30. The lowest BCUT2D eigenvalue weighted by Gasteiger charge is -2.00. The number of thioether (sulfide) groups is 1. The Morgan fingerprint density at radius 3 is 2.67 bits per heavy atom. The largest absolute Gasteiger partial charge is 0.195 e. The maximum Gasteiger partial charge on any atom is 0.194 e. The second-order valence-corrected chi connectivity index (χ2v) is 5.76. The number of hydrogen-bond acceptors (Lipinski definition) is 1. The summed E-state index contributed by atoms with van der Waals surface area (Å²) >= 11 is 2.03. The summed E-state index contributed by atoms with van der Waals surface area (Å²) in [7, 11) is 0. The molecule has 2 heteroatoms. The van der Waals surface area contributed by atoms with E-state index in [2.05, 4.69) is 54.2 Å². The van der Waals surface area contributed by atoms with Gasteiger partial charge in [-0.25, -0.2) is 0 Å². The van der Waals surface area contributed by atoms with Crippen molar-refractivity contribution in [3.8, 4) is 0 Å². The van der Waals surface area contributed by atoms with Gasteiger partial charge >= 0.3 is 0 Å². The molecule has 0 N–H and O–H groups in total. The monoisotopic (exact) mass is 260 g/mol. The van der Waals surface area contributed by atoms with Crippen LogP contribution in [0.2, 0.25) is 0 Å². The van der Waals surface area contributed by atoms with Gasteiger partial charge in [0.15, 0.2) is 18.3 Å². The summed E-state index contributed by atoms with van der Waals surface area (Å²) in [6.45, 7) is 2.26. The van der Waals surface area contributed by atoms with Gasteiger partial charge in [0.2, 0.25) is 0 Å². The lowest BCUT2D eigenvalue weighted by atomic mass is 10.2. The Labute approximate surface area is 114 Å². The molecule has 0 radical (unpaired) electrons. The summed E-state index contributed by atoms with van der Waals surface area (Å²) in [6.07, 6.45) is 9.86. The number of aromatic nitrogens is 1. The molecule has 1 aromatic carbocycles. The third kappa shape index (κ3) is 4.02. The minimum atomic E-state index is 1.07. The molecule has 0 amide bonds. The van der Waals surface area contributed by atoms with Gasteiger partial charge in [0.1, 0.15) is 0 Å². The summed E-state index contributed by atoms with van der Waals surface area (Å²) in [5.74, 6) is 2.34. The van der Waals surface area contributed by atoms with Gasteiger partial charge in [0.05, 0.1) is 0 Å². The second-order valence-electron chi connectivity index (χ2n) is 4.69. The van der Waals surface area contributed by atoms with Crippen LogP contribution >= 0.6 is 11.8 Å². The molecule has 0 bridgehead atoms. The Balaban J connectivity index is 1.81. The first-order chi connectivity index (χ1) is 8.90. The van der Waals surface area contributed by atoms with E-state index in [0.717, 1.165) is 5.88 Å². The summed E-state index contributed by atoms with van der Waals surface area (Å²) in [5.41, 5.74) is 0. The van der Waals surface area contributed by atoms with E-state index in [-0.39, 0.29) is 0 Å². The Hall–Kier alpha value is -1.02. The second kappa shape index (κ2) is 7.42. The maximum atomic E-state index is 2.28. The molecule has 0 spiro atoms. The minimum Gasteiger partial charge on any atom is -0.195 e. The molecular formula is C16H22NS+. The first-order valence-electron chi connectivity index (χ1n) is 6.86. The van der Waals surface area contributed by atoms with E-state index in [0.29, 0.717) is 0 Å². The van der Waals surface area contributed by atoms with Crippen LogP contribution < -0.4 is 4.57 Å². The highest BCUT2D eigenvalue weighted by Gasteiger charge is 2.02. The van der Waals surface area contributed by atoms with Gasteiger partial charge in [-0.2, -0.15) is 4.57 Å². The van der Waals surface area contributed by atoms with E-state index in [1.165, 1.54) is 42.2 Å². The molecule has 96 valence electrons. The zero-order chi connectivity index (χ0) is 12.6. The molecule has 0 aliphatic carbocycles. The topological polar surface area (TPSA) is 3.88 Å². The van der Waals surface area contributed by atoms with Crippen molar-refractivity contribution in [1.29, 1.82) is 0 Å². The zero-order valence-electron chi connectivity index (χ0n) is 11.1. The fourth-order valence-corrected chi connectivity index (χ4v) is 2.97. The van der Waals surface area contributed by atoms with Crippen molar-refractivity contribution in [2.75, 3.05) is 5.75 Å². The summed E-state index contributed by atoms with van der Waals surface area (Å²) in [6, 6.07) is 10.7. The zero-order valence-corrected chi connectivity index (χ0v) is 12.0. The van der Waals surface area contributed by atoms with Crippen LogP contribution in [0.4, 0.5) is 0 Å². The van der Waals surface area contributed by atoms with Crippen LogP contribution in [0.3, 0.4) is 0 Å². The van der Waals surface area contributed by atoms with Gasteiger partial charge < -0.3 is 0 Å². The van der Waals surface area contributed by atoms with Crippen LogP contribution in [0.1, 0.15) is 32.6 Å². The first kappa shape index (κ1) is 13.4. The Morgan fingerprint density at radius 2 is 1.83 bits per heavy atom. The molecule has 0 fully saturated rings. The van der Waals surface area contributed by atoms with Gasteiger partial charge in [-0.15, -0.1) is 0 Å². The number of fused-ring (bicyclic) bond motifs is 1. The number of unbranched alkanes of at least 4 members (excludes halogenated alkanes) is 3. The van der Waals surface area contributed by atoms with E-state index in [9.17, 15) is 0 Å². The van der Waals surface area contributed by atoms with Crippen molar-refractivity contribution >= 4 is 22.5 Å². The number of benzene rings is 1. The smallest absolute Gasteiger partial charge is 0.194 e. The average molecular weight is 260 g/mol. The predicted molar refractivity (Wildman–Crippen MR) is 80.7 cm³/mol. The van der Waals surface area contributed by atoms with Crippen molar-refractivity contribution < 1.29 is 4.57 Å². The first-order valence-corrected chi connectivity index (χ1v) is 8.01. The molecule has 0 unspecified atom stereocenters. The number of hydrogen-bond donors (Lipinski definition) is 0. The van der Waals surface area contributed by atoms with Gasteiger partial charge in [-0.3, -0.25) is 0 Å². The Bertz CT molecular complexity index is 481. The molecule has 1 heterocycles.